The SMILES string of the molecule is CCOC(=O)c1cn(CC)c2cc(C#Cc3cccc(OC)c3OC)cc(Cc3cnc(N)nc3N)c2c1=O. The lowest BCUT2D eigenvalue weighted by molar-refractivity contribution is 0.0524. The van der Waals surface area contributed by atoms with Gasteiger partial charge in [-0.2, -0.15) is 4.98 Å². The summed E-state index contributed by atoms with van der Waals surface area (Å²) in [4.78, 5) is 34.4. The second-order valence-electron chi connectivity index (χ2n) is 8.51. The molecular formula is C29H29N5O5. The number of nitrogens with zero attached hydrogens (tertiary/aromatic N) is 3. The minimum Gasteiger partial charge on any atom is -0.493 e. The van der Waals surface area contributed by atoms with Crippen molar-refractivity contribution in [2.75, 3.05) is 32.3 Å². The van der Waals surface area contributed by atoms with Crippen molar-refractivity contribution in [1.29, 1.82) is 0 Å². The van der Waals surface area contributed by atoms with Crippen LogP contribution in [-0.2, 0) is 17.7 Å². The van der Waals surface area contributed by atoms with Crippen molar-refractivity contribution >= 4 is 28.6 Å². The van der Waals surface area contributed by atoms with E-state index in [1.807, 2.05) is 29.7 Å². The third-order valence-corrected chi connectivity index (χ3v) is 6.14. The molecule has 2 aromatic heterocycles. The summed E-state index contributed by atoms with van der Waals surface area (Å²) in [5, 5.41) is 0.364. The van der Waals surface area contributed by atoms with E-state index >= 15 is 0 Å². The van der Waals surface area contributed by atoms with Gasteiger partial charge in [0.2, 0.25) is 11.4 Å². The summed E-state index contributed by atoms with van der Waals surface area (Å²) >= 11 is 0. The number of aromatic nitrogens is 3. The van der Waals surface area contributed by atoms with Gasteiger partial charge in [0.1, 0.15) is 11.4 Å². The number of rotatable bonds is 7. The second kappa shape index (κ2) is 11.6. The zero-order chi connectivity index (χ0) is 28.1. The lowest BCUT2D eigenvalue weighted by atomic mass is 9.97. The number of nitrogens with two attached hydrogens (primary N) is 2. The van der Waals surface area contributed by atoms with Crippen LogP contribution in [0.4, 0.5) is 11.8 Å². The predicted molar refractivity (Wildman–Crippen MR) is 149 cm³/mol. The van der Waals surface area contributed by atoms with E-state index in [1.54, 1.807) is 33.3 Å². The molecule has 0 fully saturated rings. The van der Waals surface area contributed by atoms with Crippen LogP contribution >= 0.6 is 0 Å². The molecule has 0 saturated heterocycles. The van der Waals surface area contributed by atoms with Gasteiger partial charge in [0.15, 0.2) is 11.5 Å². The molecule has 10 heteroatoms. The topological polar surface area (TPSA) is 145 Å². The van der Waals surface area contributed by atoms with Crippen molar-refractivity contribution in [3.8, 4) is 23.3 Å². The summed E-state index contributed by atoms with van der Waals surface area (Å²) in [5.41, 5.74) is 14.4. The van der Waals surface area contributed by atoms with Crippen molar-refractivity contribution < 1.29 is 19.0 Å². The molecule has 0 radical (unpaired) electrons. The lowest BCUT2D eigenvalue weighted by Gasteiger charge is -2.15. The summed E-state index contributed by atoms with van der Waals surface area (Å²) in [6.45, 7) is 4.26. The smallest absolute Gasteiger partial charge is 0.343 e. The molecular weight excluding hydrogens is 498 g/mol. The Labute approximate surface area is 225 Å². The van der Waals surface area contributed by atoms with E-state index in [0.29, 0.717) is 51.2 Å². The summed E-state index contributed by atoms with van der Waals surface area (Å²) in [6.07, 6.45) is 3.26. The number of hydrogen-bond acceptors (Lipinski definition) is 9. The first-order valence-corrected chi connectivity index (χ1v) is 12.3. The van der Waals surface area contributed by atoms with Gasteiger partial charge < -0.3 is 30.2 Å². The van der Waals surface area contributed by atoms with Crippen molar-refractivity contribution in [2.45, 2.75) is 26.8 Å². The number of carbonyl (C=O) groups is 1. The molecule has 2 heterocycles. The molecule has 0 bridgehead atoms. The fourth-order valence-electron chi connectivity index (χ4n) is 4.32. The second-order valence-corrected chi connectivity index (χ2v) is 8.51. The van der Waals surface area contributed by atoms with Crippen LogP contribution in [0.2, 0.25) is 0 Å². The third kappa shape index (κ3) is 5.48. The van der Waals surface area contributed by atoms with Crippen molar-refractivity contribution in [2.24, 2.45) is 0 Å². The molecule has 10 nitrogen and oxygen atoms in total. The van der Waals surface area contributed by atoms with E-state index in [-0.39, 0.29) is 30.4 Å². The van der Waals surface area contributed by atoms with Crippen molar-refractivity contribution in [3.63, 3.8) is 0 Å². The van der Waals surface area contributed by atoms with Gasteiger partial charge >= 0.3 is 5.97 Å². The van der Waals surface area contributed by atoms with Gasteiger partial charge in [0.25, 0.3) is 0 Å². The number of benzene rings is 2. The molecule has 0 aliphatic heterocycles. The number of carbonyl (C=O) groups excluding carboxylic acids is 1. The summed E-state index contributed by atoms with van der Waals surface area (Å²) in [7, 11) is 3.11. The number of para-hydroxylation sites is 1. The number of hydrogen-bond donors (Lipinski definition) is 2. The fourth-order valence-corrected chi connectivity index (χ4v) is 4.32. The van der Waals surface area contributed by atoms with Crippen LogP contribution in [0.5, 0.6) is 11.5 Å². The molecule has 0 aliphatic carbocycles. The largest absolute Gasteiger partial charge is 0.493 e. The van der Waals surface area contributed by atoms with Gasteiger partial charge in [-0.1, -0.05) is 17.9 Å². The van der Waals surface area contributed by atoms with Crippen LogP contribution in [-0.4, -0.2) is 41.3 Å². The number of pyridine rings is 1. The van der Waals surface area contributed by atoms with Crippen LogP contribution in [0.1, 0.15) is 46.5 Å². The highest BCUT2D eigenvalue weighted by atomic mass is 16.5. The maximum absolute atomic E-state index is 13.6. The number of ether oxygens (including phenoxy) is 3. The van der Waals surface area contributed by atoms with E-state index in [4.69, 9.17) is 25.7 Å². The van der Waals surface area contributed by atoms with Gasteiger partial charge in [-0.15, -0.1) is 0 Å². The fraction of sp³-hybridized carbons (Fsp3) is 0.241. The Morgan fingerprint density at radius 2 is 1.87 bits per heavy atom. The number of methoxy groups -OCH3 is 2. The molecule has 0 spiro atoms. The highest BCUT2D eigenvalue weighted by Gasteiger charge is 2.20. The van der Waals surface area contributed by atoms with Gasteiger partial charge in [-0.3, -0.25) is 4.79 Å². The molecule has 0 unspecified atom stereocenters. The third-order valence-electron chi connectivity index (χ3n) is 6.14. The van der Waals surface area contributed by atoms with Gasteiger partial charge in [-0.05, 0) is 43.7 Å². The molecule has 200 valence electrons. The molecule has 0 aliphatic rings. The van der Waals surface area contributed by atoms with E-state index < -0.39 is 11.4 Å². The normalized spacial score (nSPS) is 10.6. The Balaban J connectivity index is 1.98. The Bertz CT molecular complexity index is 1680. The van der Waals surface area contributed by atoms with E-state index in [2.05, 4.69) is 21.8 Å². The zero-order valence-electron chi connectivity index (χ0n) is 22.2. The lowest BCUT2D eigenvalue weighted by Crippen LogP contribution is -2.22. The van der Waals surface area contributed by atoms with Crippen molar-refractivity contribution in [3.05, 3.63) is 80.8 Å². The van der Waals surface area contributed by atoms with Gasteiger partial charge in [-0.25, -0.2) is 9.78 Å². The molecule has 0 amide bonds. The minimum absolute atomic E-state index is 0.0471. The Morgan fingerprint density at radius 3 is 2.54 bits per heavy atom. The highest BCUT2D eigenvalue weighted by molar-refractivity contribution is 5.95. The summed E-state index contributed by atoms with van der Waals surface area (Å²) in [5.74, 6) is 6.98. The van der Waals surface area contributed by atoms with Crippen LogP contribution in [0.15, 0.2) is 47.5 Å². The van der Waals surface area contributed by atoms with Crippen LogP contribution in [0.25, 0.3) is 10.9 Å². The number of nitrogen functional groups attached to an aromatic ring is 2. The molecule has 0 atom stereocenters. The minimum atomic E-state index is -0.679. The monoisotopic (exact) mass is 527 g/mol. The van der Waals surface area contributed by atoms with Gasteiger partial charge in [0, 0.05) is 36.5 Å². The number of anilines is 2. The Hall–Kier alpha value is -5.04. The average molecular weight is 528 g/mol. The molecule has 4 aromatic rings. The summed E-state index contributed by atoms with van der Waals surface area (Å²) in [6, 6.07) is 9.07. The van der Waals surface area contributed by atoms with E-state index in [1.165, 1.54) is 12.4 Å². The predicted octanol–water partition coefficient (Wildman–Crippen LogP) is 3.16. The summed E-state index contributed by atoms with van der Waals surface area (Å²) < 4.78 is 17.9. The average Bonchev–Trinajstić information content (AvgIpc) is 2.93. The number of esters is 1. The standard InChI is InChI=1S/C29H29N5O5/c1-5-34-16-21(28(36)39-6-2)25(35)24-19(14-20-15-32-29(31)33-27(20)30)12-17(13-22(24)34)10-11-18-8-7-9-23(37-3)26(18)38-4/h7-9,12-13,15-16H,5-6,14H2,1-4H3,(H4,30,31,32,33). The molecule has 39 heavy (non-hydrogen) atoms. The Morgan fingerprint density at radius 1 is 1.08 bits per heavy atom. The Kier molecular flexibility index (Phi) is 8.01. The molecule has 2 aromatic carbocycles. The van der Waals surface area contributed by atoms with E-state index in [9.17, 15) is 9.59 Å². The molecule has 4 rings (SSSR count). The maximum atomic E-state index is 13.6. The first-order chi connectivity index (χ1) is 18.8. The van der Waals surface area contributed by atoms with Crippen molar-refractivity contribution in [1.82, 2.24) is 14.5 Å². The van der Waals surface area contributed by atoms with Crippen LogP contribution in [0, 0.1) is 11.8 Å². The van der Waals surface area contributed by atoms with E-state index in [0.717, 1.165) is 0 Å². The van der Waals surface area contributed by atoms with Gasteiger partial charge in [0.05, 0.1) is 37.3 Å². The van der Waals surface area contributed by atoms with Crippen LogP contribution < -0.4 is 26.4 Å². The molecule has 0 saturated carbocycles. The maximum Gasteiger partial charge on any atom is 0.343 e. The zero-order valence-corrected chi connectivity index (χ0v) is 22.2. The van der Waals surface area contributed by atoms with Crippen LogP contribution in [0.3, 0.4) is 0 Å². The number of fused-ring (bicyclic) bond motifs is 1. The number of aryl methyl sites for hydroxylation is 1. The highest BCUT2D eigenvalue weighted by Crippen LogP contribution is 2.30. The quantitative estimate of drug-likeness (QED) is 0.273. The molecule has 4 N–H and O–H groups in total. The first-order valence-electron chi connectivity index (χ1n) is 12.3. The first kappa shape index (κ1) is 27.0.